The van der Waals surface area contributed by atoms with Crippen molar-refractivity contribution in [2.24, 2.45) is 4.99 Å². The van der Waals surface area contributed by atoms with Crippen LogP contribution in [0.25, 0.3) is 0 Å². The molecule has 4 N–H and O–H groups in total. The molecular formula is C25H24N4O3S. The highest BCUT2D eigenvalue weighted by molar-refractivity contribution is 8.00. The van der Waals surface area contributed by atoms with Crippen LogP contribution < -0.4 is 16.0 Å². The van der Waals surface area contributed by atoms with Gasteiger partial charge in [0.1, 0.15) is 5.25 Å². The highest BCUT2D eigenvalue weighted by Crippen LogP contribution is 2.27. The maximum absolute atomic E-state index is 12.7. The highest BCUT2D eigenvalue weighted by Gasteiger charge is 2.19. The minimum absolute atomic E-state index is 0.229. The Labute approximate surface area is 196 Å². The van der Waals surface area contributed by atoms with E-state index >= 15 is 0 Å². The molecule has 1 heterocycles. The molecule has 1 amide bonds. The Morgan fingerprint density at radius 2 is 1.79 bits per heavy atom. The molecule has 33 heavy (non-hydrogen) atoms. The average molecular weight is 461 g/mol. The number of hydrogen-bond acceptors (Lipinski definition) is 6. The Bertz CT molecular complexity index is 1150. The van der Waals surface area contributed by atoms with Crippen molar-refractivity contribution in [3.05, 3.63) is 90.0 Å². The van der Waals surface area contributed by atoms with Crippen molar-refractivity contribution in [2.75, 3.05) is 23.7 Å². The molecule has 0 bridgehead atoms. The van der Waals surface area contributed by atoms with E-state index in [1.165, 1.54) is 11.8 Å². The standard InChI is InChI=1S/C25H24N4O3S/c30-23(18-7-4-8-20(16-18)29-25-26-13-14-27-25)28-19-9-11-21(12-10-19)33-22(24(31)32)15-17-5-2-1-3-6-17/h1-12,16,22H,13-15H2,(H,28,30)(H,31,32)(H2,26,27,29). The second-order valence-electron chi connectivity index (χ2n) is 7.48. The van der Waals surface area contributed by atoms with Crippen LogP contribution in [-0.4, -0.2) is 41.3 Å². The first-order chi connectivity index (χ1) is 16.1. The van der Waals surface area contributed by atoms with E-state index in [2.05, 4.69) is 20.9 Å². The van der Waals surface area contributed by atoms with Crippen LogP contribution in [0.3, 0.4) is 0 Å². The summed E-state index contributed by atoms with van der Waals surface area (Å²) in [5.41, 5.74) is 2.92. The van der Waals surface area contributed by atoms with Gasteiger partial charge < -0.3 is 21.1 Å². The molecular weight excluding hydrogens is 436 g/mol. The Morgan fingerprint density at radius 3 is 2.48 bits per heavy atom. The number of hydrogen-bond donors (Lipinski definition) is 4. The van der Waals surface area contributed by atoms with Gasteiger partial charge in [-0.15, -0.1) is 11.8 Å². The van der Waals surface area contributed by atoms with Crippen molar-refractivity contribution >= 4 is 41.0 Å². The molecule has 1 unspecified atom stereocenters. The summed E-state index contributed by atoms with van der Waals surface area (Å²) in [7, 11) is 0. The molecule has 3 aromatic carbocycles. The number of amides is 1. The third-order valence-corrected chi connectivity index (χ3v) is 6.19. The van der Waals surface area contributed by atoms with Crippen molar-refractivity contribution < 1.29 is 14.7 Å². The van der Waals surface area contributed by atoms with E-state index in [4.69, 9.17) is 0 Å². The molecule has 1 atom stereocenters. The number of carbonyl (C=O) groups is 2. The molecule has 0 spiro atoms. The zero-order valence-electron chi connectivity index (χ0n) is 17.8. The summed E-state index contributed by atoms with van der Waals surface area (Å²) < 4.78 is 0. The molecule has 0 saturated heterocycles. The van der Waals surface area contributed by atoms with Crippen molar-refractivity contribution in [3.8, 4) is 0 Å². The molecule has 8 heteroatoms. The van der Waals surface area contributed by atoms with Crippen molar-refractivity contribution in [3.63, 3.8) is 0 Å². The van der Waals surface area contributed by atoms with E-state index in [-0.39, 0.29) is 5.91 Å². The van der Waals surface area contributed by atoms with Gasteiger partial charge in [-0.2, -0.15) is 0 Å². The Morgan fingerprint density at radius 1 is 1.00 bits per heavy atom. The summed E-state index contributed by atoms with van der Waals surface area (Å²) in [6.45, 7) is 1.53. The van der Waals surface area contributed by atoms with Crippen molar-refractivity contribution in [2.45, 2.75) is 16.6 Å². The minimum atomic E-state index is -0.853. The molecule has 3 aromatic rings. The van der Waals surface area contributed by atoms with Gasteiger partial charge in [0.2, 0.25) is 0 Å². The lowest BCUT2D eigenvalue weighted by Gasteiger charge is -2.13. The van der Waals surface area contributed by atoms with E-state index in [1.807, 2.05) is 54.6 Å². The highest BCUT2D eigenvalue weighted by atomic mass is 32.2. The van der Waals surface area contributed by atoms with E-state index in [1.54, 1.807) is 24.3 Å². The van der Waals surface area contributed by atoms with Crippen LogP contribution >= 0.6 is 11.8 Å². The van der Waals surface area contributed by atoms with E-state index in [9.17, 15) is 14.7 Å². The fraction of sp³-hybridized carbons (Fsp3) is 0.160. The summed E-state index contributed by atoms with van der Waals surface area (Å²) in [6.07, 6.45) is 0.436. The number of rotatable bonds is 8. The van der Waals surface area contributed by atoms with E-state index in [0.717, 1.165) is 29.2 Å². The van der Waals surface area contributed by atoms with Gasteiger partial charge in [0, 0.05) is 28.4 Å². The topological polar surface area (TPSA) is 103 Å². The number of nitrogens with zero attached hydrogens (tertiary/aromatic N) is 1. The van der Waals surface area contributed by atoms with Crippen molar-refractivity contribution in [1.82, 2.24) is 5.32 Å². The van der Waals surface area contributed by atoms with Gasteiger partial charge >= 0.3 is 5.97 Å². The average Bonchev–Trinajstić information content (AvgIpc) is 3.33. The van der Waals surface area contributed by atoms with Gasteiger partial charge in [0.25, 0.3) is 5.91 Å². The Balaban J connectivity index is 1.37. The summed E-state index contributed by atoms with van der Waals surface area (Å²) in [5.74, 6) is -0.381. The maximum atomic E-state index is 12.7. The number of anilines is 2. The monoisotopic (exact) mass is 460 g/mol. The molecule has 4 rings (SSSR count). The predicted molar refractivity (Wildman–Crippen MR) is 132 cm³/mol. The molecule has 0 radical (unpaired) electrons. The van der Waals surface area contributed by atoms with E-state index < -0.39 is 11.2 Å². The maximum Gasteiger partial charge on any atom is 0.317 e. The minimum Gasteiger partial charge on any atom is -0.480 e. The third kappa shape index (κ3) is 6.36. The SMILES string of the molecule is O=C(Nc1ccc(SC(Cc2ccccc2)C(=O)O)cc1)c1cccc(NC2=NCCN2)c1. The second-order valence-corrected chi connectivity index (χ2v) is 8.75. The van der Waals surface area contributed by atoms with Crippen LogP contribution in [0.4, 0.5) is 11.4 Å². The largest absolute Gasteiger partial charge is 0.480 e. The van der Waals surface area contributed by atoms with Crippen molar-refractivity contribution in [1.29, 1.82) is 0 Å². The van der Waals surface area contributed by atoms with E-state index in [0.29, 0.717) is 23.6 Å². The number of nitrogens with one attached hydrogen (secondary N) is 3. The molecule has 168 valence electrons. The number of carboxylic acids is 1. The van der Waals surface area contributed by atoms with Gasteiger partial charge in [-0.25, -0.2) is 0 Å². The van der Waals surface area contributed by atoms with Crippen LogP contribution in [0.1, 0.15) is 15.9 Å². The summed E-state index contributed by atoms with van der Waals surface area (Å²) in [5, 5.41) is 18.2. The number of thioether (sulfide) groups is 1. The number of carboxylic acid groups (broad SMARTS) is 1. The zero-order chi connectivity index (χ0) is 23.0. The van der Waals surface area contributed by atoms with Gasteiger partial charge in [0.05, 0.1) is 6.54 Å². The number of carbonyl (C=O) groups excluding carboxylic acids is 1. The fourth-order valence-electron chi connectivity index (χ4n) is 3.35. The quantitative estimate of drug-likeness (QED) is 0.378. The van der Waals surface area contributed by atoms with Crippen LogP contribution in [0.5, 0.6) is 0 Å². The molecule has 0 fully saturated rings. The number of aliphatic imine (C=N–C) groups is 1. The molecule has 0 aliphatic carbocycles. The van der Waals surface area contributed by atoms with Gasteiger partial charge in [-0.1, -0.05) is 36.4 Å². The number of aliphatic carboxylic acids is 1. The molecule has 1 aliphatic rings. The Hall–Kier alpha value is -3.78. The lowest BCUT2D eigenvalue weighted by Crippen LogP contribution is -2.26. The molecule has 7 nitrogen and oxygen atoms in total. The summed E-state index contributed by atoms with van der Waals surface area (Å²) in [4.78, 5) is 29.5. The molecule has 0 saturated carbocycles. The van der Waals surface area contributed by atoms with Crippen LogP contribution in [0.15, 0.2) is 88.8 Å². The van der Waals surface area contributed by atoms with Gasteiger partial charge in [-0.3, -0.25) is 14.6 Å². The predicted octanol–water partition coefficient (Wildman–Crippen LogP) is 4.10. The molecule has 1 aliphatic heterocycles. The van der Waals surface area contributed by atoms with Crippen LogP contribution in [0.2, 0.25) is 0 Å². The van der Waals surface area contributed by atoms with Gasteiger partial charge in [0.15, 0.2) is 5.96 Å². The first kappa shape index (κ1) is 22.4. The number of guanidine groups is 1. The third-order valence-electron chi connectivity index (χ3n) is 4.99. The van der Waals surface area contributed by atoms with Crippen LogP contribution in [0, 0.1) is 0 Å². The zero-order valence-corrected chi connectivity index (χ0v) is 18.6. The lowest BCUT2D eigenvalue weighted by molar-refractivity contribution is -0.136. The first-order valence-electron chi connectivity index (χ1n) is 10.6. The second kappa shape index (κ2) is 10.7. The fourth-order valence-corrected chi connectivity index (χ4v) is 4.35. The summed E-state index contributed by atoms with van der Waals surface area (Å²) >= 11 is 1.29. The van der Waals surface area contributed by atoms with Gasteiger partial charge in [-0.05, 0) is 54.4 Å². The normalized spacial score (nSPS) is 13.5. The first-order valence-corrected chi connectivity index (χ1v) is 11.4. The van der Waals surface area contributed by atoms with Crippen LogP contribution in [-0.2, 0) is 11.2 Å². The Kier molecular flexibility index (Phi) is 7.26. The smallest absolute Gasteiger partial charge is 0.317 e. The lowest BCUT2D eigenvalue weighted by atomic mass is 10.1. The number of benzene rings is 3. The summed E-state index contributed by atoms with van der Waals surface area (Å²) in [6, 6.07) is 24.0. The molecule has 0 aromatic heterocycles.